The number of ketones is 1. The van der Waals surface area contributed by atoms with Gasteiger partial charge in [-0.15, -0.1) is 0 Å². The topological polar surface area (TPSA) is 93.7 Å². The first-order valence-corrected chi connectivity index (χ1v) is 8.12. The molecule has 0 aliphatic carbocycles. The van der Waals surface area contributed by atoms with Crippen molar-refractivity contribution in [2.75, 3.05) is 25.6 Å². The second-order valence-electron chi connectivity index (χ2n) is 5.43. The highest BCUT2D eigenvalue weighted by molar-refractivity contribution is 5.98. The zero-order valence-corrected chi connectivity index (χ0v) is 14.7. The molecule has 0 atom stereocenters. The van der Waals surface area contributed by atoms with E-state index in [0.29, 0.717) is 5.69 Å². The zero-order chi connectivity index (χ0) is 19.6. The van der Waals surface area contributed by atoms with Crippen LogP contribution in [-0.2, 0) is 9.53 Å². The summed E-state index contributed by atoms with van der Waals surface area (Å²) in [6.07, 6.45) is -0.105. The van der Waals surface area contributed by atoms with Gasteiger partial charge in [0.2, 0.25) is 0 Å². The molecule has 0 saturated carbocycles. The molecule has 2 amide bonds. The van der Waals surface area contributed by atoms with Gasteiger partial charge in [-0.25, -0.2) is 9.18 Å². The Bertz CT molecular complexity index is 811. The number of amides is 2. The lowest BCUT2D eigenvalue weighted by atomic mass is 10.1. The van der Waals surface area contributed by atoms with Crippen LogP contribution in [0, 0.1) is 5.82 Å². The van der Waals surface area contributed by atoms with E-state index >= 15 is 0 Å². The van der Waals surface area contributed by atoms with E-state index in [1.54, 1.807) is 24.3 Å². The number of Topliss-reactive ketones (excluding diaryl/α,β-unsaturated/α-hetero) is 1. The summed E-state index contributed by atoms with van der Waals surface area (Å²) in [5.41, 5.74) is 0.691. The molecule has 27 heavy (non-hydrogen) atoms. The van der Waals surface area contributed by atoms with Gasteiger partial charge in [-0.3, -0.25) is 9.59 Å². The lowest BCUT2D eigenvalue weighted by molar-refractivity contribution is -0.142. The Morgan fingerprint density at radius 1 is 1.07 bits per heavy atom. The fourth-order valence-electron chi connectivity index (χ4n) is 2.12. The fourth-order valence-corrected chi connectivity index (χ4v) is 2.12. The molecule has 0 heterocycles. The molecule has 2 N–H and O–H groups in total. The van der Waals surface area contributed by atoms with E-state index in [1.807, 2.05) is 6.07 Å². The van der Waals surface area contributed by atoms with Crippen LogP contribution in [0.25, 0.3) is 0 Å². The van der Waals surface area contributed by atoms with Crippen molar-refractivity contribution in [3.8, 4) is 5.75 Å². The summed E-state index contributed by atoms with van der Waals surface area (Å²) in [4.78, 5) is 35.2. The summed E-state index contributed by atoms with van der Waals surface area (Å²) in [5, 5.41) is 5.10. The number of rotatable bonds is 8. The third-order valence-electron chi connectivity index (χ3n) is 3.48. The normalized spacial score (nSPS) is 10.0. The number of ether oxygens (including phenoxy) is 2. The Labute approximate surface area is 155 Å². The molecule has 8 heteroatoms. The van der Waals surface area contributed by atoms with Gasteiger partial charge in [0, 0.05) is 17.8 Å². The summed E-state index contributed by atoms with van der Waals surface area (Å²) in [7, 11) is 1.32. The largest absolute Gasteiger partial charge is 0.494 e. The molecule has 0 fully saturated rings. The lowest BCUT2D eigenvalue weighted by Gasteiger charge is -2.08. The lowest BCUT2D eigenvalue weighted by Crippen LogP contribution is -2.31. The number of carbonyl (C=O) groups excluding carboxylic acids is 3. The monoisotopic (exact) mass is 374 g/mol. The van der Waals surface area contributed by atoms with Crippen LogP contribution in [0.2, 0.25) is 0 Å². The van der Waals surface area contributed by atoms with E-state index < -0.39 is 30.2 Å². The van der Waals surface area contributed by atoms with Crippen LogP contribution in [-0.4, -0.2) is 38.0 Å². The molecule has 0 bridgehead atoms. The second-order valence-corrected chi connectivity index (χ2v) is 5.43. The number of para-hydroxylation sites is 1. The third-order valence-corrected chi connectivity index (χ3v) is 3.48. The van der Waals surface area contributed by atoms with Gasteiger partial charge in [-0.2, -0.15) is 0 Å². The highest BCUT2D eigenvalue weighted by Gasteiger charge is 2.13. The van der Waals surface area contributed by atoms with Crippen LogP contribution in [0.15, 0.2) is 48.5 Å². The Balaban J connectivity index is 1.69. The van der Waals surface area contributed by atoms with E-state index in [0.717, 1.165) is 6.07 Å². The standard InChI is InChI=1S/C19H19FN2O5/c1-26-17-8-7-13(11-15(17)20)16(23)12-27-18(24)9-10-21-19(25)22-14-5-3-2-4-6-14/h2-8,11H,9-10,12H2,1H3,(H2,21,22,25). The molecule has 0 saturated heterocycles. The number of esters is 1. The molecule has 142 valence electrons. The predicted octanol–water partition coefficient (Wildman–Crippen LogP) is 2.77. The highest BCUT2D eigenvalue weighted by Crippen LogP contribution is 2.18. The number of methoxy groups -OCH3 is 1. The van der Waals surface area contributed by atoms with Gasteiger partial charge in [0.05, 0.1) is 13.5 Å². The molecule has 0 radical (unpaired) electrons. The maximum absolute atomic E-state index is 13.6. The van der Waals surface area contributed by atoms with Crippen LogP contribution >= 0.6 is 0 Å². The van der Waals surface area contributed by atoms with Crippen LogP contribution in [0.4, 0.5) is 14.9 Å². The molecule has 7 nitrogen and oxygen atoms in total. The van der Waals surface area contributed by atoms with Crippen LogP contribution in [0.5, 0.6) is 5.75 Å². The van der Waals surface area contributed by atoms with Crippen molar-refractivity contribution in [3.63, 3.8) is 0 Å². The van der Waals surface area contributed by atoms with Gasteiger partial charge in [-0.05, 0) is 30.3 Å². The van der Waals surface area contributed by atoms with Gasteiger partial charge in [0.1, 0.15) is 0 Å². The zero-order valence-electron chi connectivity index (χ0n) is 14.7. The second kappa shape index (κ2) is 9.91. The SMILES string of the molecule is COc1ccc(C(=O)COC(=O)CCNC(=O)Nc2ccccc2)cc1F. The number of benzene rings is 2. The van der Waals surface area contributed by atoms with Crippen molar-refractivity contribution in [1.29, 1.82) is 0 Å². The van der Waals surface area contributed by atoms with Gasteiger partial charge < -0.3 is 20.1 Å². The molecule has 2 rings (SSSR count). The smallest absolute Gasteiger partial charge is 0.319 e. The third kappa shape index (κ3) is 6.43. The van der Waals surface area contributed by atoms with E-state index in [4.69, 9.17) is 9.47 Å². The van der Waals surface area contributed by atoms with E-state index in [2.05, 4.69) is 10.6 Å². The van der Waals surface area contributed by atoms with E-state index in [9.17, 15) is 18.8 Å². The Morgan fingerprint density at radius 2 is 1.81 bits per heavy atom. The predicted molar refractivity (Wildman–Crippen MR) is 96.3 cm³/mol. The summed E-state index contributed by atoms with van der Waals surface area (Å²) in [6.45, 7) is -0.469. The maximum Gasteiger partial charge on any atom is 0.319 e. The average Bonchev–Trinajstić information content (AvgIpc) is 2.66. The molecule has 2 aromatic rings. The molecule has 2 aromatic carbocycles. The van der Waals surface area contributed by atoms with Crippen molar-refractivity contribution >= 4 is 23.5 Å². The molecular weight excluding hydrogens is 355 g/mol. The minimum Gasteiger partial charge on any atom is -0.494 e. The van der Waals surface area contributed by atoms with Crippen molar-refractivity contribution in [1.82, 2.24) is 5.32 Å². The molecule has 0 unspecified atom stereocenters. The minimum absolute atomic E-state index is 0.0170. The van der Waals surface area contributed by atoms with Gasteiger partial charge in [0.25, 0.3) is 0 Å². The van der Waals surface area contributed by atoms with E-state index in [-0.39, 0.29) is 24.3 Å². The molecule has 0 aliphatic heterocycles. The minimum atomic E-state index is -0.677. The summed E-state index contributed by atoms with van der Waals surface area (Å²) in [6, 6.07) is 12.1. The molecule has 0 spiro atoms. The Hall–Kier alpha value is -3.42. The summed E-state index contributed by atoms with van der Waals surface area (Å²) >= 11 is 0. The average molecular weight is 374 g/mol. The van der Waals surface area contributed by atoms with Gasteiger partial charge >= 0.3 is 12.0 Å². The summed E-state index contributed by atoms with van der Waals surface area (Å²) < 4.78 is 23.2. The van der Waals surface area contributed by atoms with Crippen molar-refractivity contribution < 1.29 is 28.2 Å². The van der Waals surface area contributed by atoms with Crippen LogP contribution in [0.3, 0.4) is 0 Å². The number of urea groups is 1. The van der Waals surface area contributed by atoms with Gasteiger partial charge in [-0.1, -0.05) is 18.2 Å². The Kier molecular flexibility index (Phi) is 7.30. The summed E-state index contributed by atoms with van der Waals surface area (Å²) in [5.74, 6) is -1.86. The molecule has 0 aliphatic rings. The number of nitrogens with one attached hydrogen (secondary N) is 2. The first kappa shape index (κ1) is 19.9. The van der Waals surface area contributed by atoms with Crippen LogP contribution < -0.4 is 15.4 Å². The van der Waals surface area contributed by atoms with Crippen molar-refractivity contribution in [3.05, 3.63) is 59.9 Å². The number of hydrogen-bond acceptors (Lipinski definition) is 5. The maximum atomic E-state index is 13.6. The van der Waals surface area contributed by atoms with E-state index in [1.165, 1.54) is 19.2 Å². The van der Waals surface area contributed by atoms with Crippen molar-refractivity contribution in [2.24, 2.45) is 0 Å². The van der Waals surface area contributed by atoms with Gasteiger partial charge in [0.15, 0.2) is 24.0 Å². The number of hydrogen-bond donors (Lipinski definition) is 2. The number of carbonyl (C=O) groups is 3. The molecular formula is C19H19FN2O5. The first-order valence-electron chi connectivity index (χ1n) is 8.12. The highest BCUT2D eigenvalue weighted by atomic mass is 19.1. The number of halogens is 1. The van der Waals surface area contributed by atoms with Crippen molar-refractivity contribution in [2.45, 2.75) is 6.42 Å². The quantitative estimate of drug-likeness (QED) is 0.547. The fraction of sp³-hybridized carbons (Fsp3) is 0.211. The number of anilines is 1. The molecule has 0 aromatic heterocycles. The van der Waals surface area contributed by atoms with Crippen LogP contribution in [0.1, 0.15) is 16.8 Å². The first-order chi connectivity index (χ1) is 13.0. The Morgan fingerprint density at radius 3 is 2.48 bits per heavy atom.